The fourth-order valence-electron chi connectivity index (χ4n) is 3.38. The van der Waals surface area contributed by atoms with E-state index in [2.05, 4.69) is 50.0 Å². The number of nitrogens with one attached hydrogen (secondary N) is 1. The Balaban J connectivity index is 1.43. The second-order valence-electron chi connectivity index (χ2n) is 6.99. The van der Waals surface area contributed by atoms with E-state index in [1.807, 2.05) is 0 Å². The highest BCUT2D eigenvalue weighted by atomic mass is 32.2. The Morgan fingerprint density at radius 3 is 3.04 bits per heavy atom. The number of hydrogen-bond donors (Lipinski definition) is 1. The van der Waals surface area contributed by atoms with Crippen LogP contribution in [0.25, 0.3) is 11.2 Å². The summed E-state index contributed by atoms with van der Waals surface area (Å²) in [6, 6.07) is 6.40. The summed E-state index contributed by atoms with van der Waals surface area (Å²) in [5, 5.41) is 0.927. The van der Waals surface area contributed by atoms with Crippen molar-refractivity contribution < 1.29 is 0 Å². The Kier molecular flexibility index (Phi) is 3.89. The lowest BCUT2D eigenvalue weighted by atomic mass is 10.0. The van der Waals surface area contributed by atoms with Crippen molar-refractivity contribution in [2.45, 2.75) is 31.3 Å². The van der Waals surface area contributed by atoms with Crippen molar-refractivity contribution in [2.24, 2.45) is 10.9 Å². The van der Waals surface area contributed by atoms with Crippen LogP contribution in [-0.2, 0) is 6.54 Å². The Morgan fingerprint density at radius 2 is 2.15 bits per heavy atom. The molecule has 7 heteroatoms. The van der Waals surface area contributed by atoms with E-state index in [4.69, 9.17) is 4.99 Å². The number of rotatable bonds is 5. The van der Waals surface area contributed by atoms with Gasteiger partial charge in [0, 0.05) is 18.7 Å². The largest absolute Gasteiger partial charge is 0.355 e. The molecular formula is C19H20N6S. The van der Waals surface area contributed by atoms with Gasteiger partial charge in [0.25, 0.3) is 0 Å². The number of nitrogens with zero attached hydrogens (tertiary/aromatic N) is 5. The van der Waals surface area contributed by atoms with Crippen molar-refractivity contribution in [1.29, 1.82) is 0 Å². The number of aryl methyl sites for hydroxylation is 1. The molecule has 0 bridgehead atoms. The zero-order valence-corrected chi connectivity index (χ0v) is 15.5. The van der Waals surface area contributed by atoms with E-state index in [0.29, 0.717) is 5.65 Å². The number of thioether (sulfide) groups is 1. The molecular weight excluding hydrogens is 344 g/mol. The summed E-state index contributed by atoms with van der Waals surface area (Å²) >= 11 is 1.70. The Hall–Kier alpha value is -2.41. The first-order valence-corrected chi connectivity index (χ1v) is 9.94. The number of H-pyrrole nitrogens is 1. The highest BCUT2D eigenvalue weighted by Crippen LogP contribution is 2.35. The molecule has 3 aromatic rings. The van der Waals surface area contributed by atoms with Crippen molar-refractivity contribution in [3.8, 4) is 0 Å². The first-order chi connectivity index (χ1) is 12.8. The minimum atomic E-state index is 0.712. The number of benzene rings is 1. The van der Waals surface area contributed by atoms with Gasteiger partial charge < -0.3 is 9.88 Å². The van der Waals surface area contributed by atoms with Crippen LogP contribution in [0.2, 0.25) is 0 Å². The molecule has 26 heavy (non-hydrogen) atoms. The summed E-state index contributed by atoms with van der Waals surface area (Å²) in [5.41, 5.74) is 5.42. The molecule has 1 saturated carbocycles. The van der Waals surface area contributed by atoms with Gasteiger partial charge in [-0.25, -0.2) is 19.9 Å². The molecule has 1 N–H and O–H groups in total. The van der Waals surface area contributed by atoms with Crippen LogP contribution < -0.4 is 0 Å². The minimum Gasteiger partial charge on any atom is -0.355 e. The standard InChI is InChI=1S/C19H20N6S/c1-12-3-2-4-15-14(12)8-25(7-13-5-6-13)16(24-15)9-26-19-17-18(21-10-20-17)22-11-23-19/h2-4,10-11,13H,5-9H2,1H3,(H,20,21,22,23). The lowest BCUT2D eigenvalue weighted by molar-refractivity contribution is 0.386. The average molecular weight is 364 g/mol. The lowest BCUT2D eigenvalue weighted by Gasteiger charge is -2.31. The van der Waals surface area contributed by atoms with E-state index in [-0.39, 0.29) is 0 Å². The number of imidazole rings is 1. The molecule has 3 heterocycles. The molecule has 1 aliphatic heterocycles. The maximum atomic E-state index is 5.00. The van der Waals surface area contributed by atoms with E-state index in [1.165, 1.54) is 24.0 Å². The van der Waals surface area contributed by atoms with Crippen molar-refractivity contribution >= 4 is 34.4 Å². The molecule has 5 rings (SSSR count). The Bertz CT molecular complexity index is 991. The van der Waals surface area contributed by atoms with Gasteiger partial charge in [0.2, 0.25) is 0 Å². The predicted molar refractivity (Wildman–Crippen MR) is 104 cm³/mol. The summed E-state index contributed by atoms with van der Waals surface area (Å²) in [4.78, 5) is 23.4. The quantitative estimate of drug-likeness (QED) is 0.552. The van der Waals surface area contributed by atoms with E-state index in [9.17, 15) is 0 Å². The normalized spacial score (nSPS) is 16.7. The number of fused-ring (bicyclic) bond motifs is 2. The van der Waals surface area contributed by atoms with E-state index in [1.54, 1.807) is 24.4 Å². The maximum absolute atomic E-state index is 5.00. The van der Waals surface area contributed by atoms with Crippen molar-refractivity contribution in [3.63, 3.8) is 0 Å². The van der Waals surface area contributed by atoms with Gasteiger partial charge in [-0.3, -0.25) is 0 Å². The summed E-state index contributed by atoms with van der Waals surface area (Å²) in [5.74, 6) is 2.77. The van der Waals surface area contributed by atoms with Gasteiger partial charge >= 0.3 is 0 Å². The minimum absolute atomic E-state index is 0.712. The van der Waals surface area contributed by atoms with Crippen LogP contribution in [-0.4, -0.2) is 43.0 Å². The monoisotopic (exact) mass is 364 g/mol. The van der Waals surface area contributed by atoms with Crippen LogP contribution in [0.4, 0.5) is 5.69 Å². The lowest BCUT2D eigenvalue weighted by Crippen LogP contribution is -2.36. The number of aromatic amines is 1. The Morgan fingerprint density at radius 1 is 1.23 bits per heavy atom. The van der Waals surface area contributed by atoms with Crippen LogP contribution in [0.5, 0.6) is 0 Å². The van der Waals surface area contributed by atoms with E-state index in [0.717, 1.165) is 46.8 Å². The van der Waals surface area contributed by atoms with E-state index >= 15 is 0 Å². The van der Waals surface area contributed by atoms with Gasteiger partial charge in [0.15, 0.2) is 5.65 Å². The molecule has 0 atom stereocenters. The highest BCUT2D eigenvalue weighted by molar-refractivity contribution is 8.00. The summed E-state index contributed by atoms with van der Waals surface area (Å²) in [6.45, 7) is 4.25. The van der Waals surface area contributed by atoms with Crippen molar-refractivity contribution in [1.82, 2.24) is 24.8 Å². The van der Waals surface area contributed by atoms with Gasteiger partial charge in [-0.2, -0.15) is 0 Å². The third kappa shape index (κ3) is 2.96. The third-order valence-electron chi connectivity index (χ3n) is 5.05. The molecule has 2 aromatic heterocycles. The molecule has 0 saturated heterocycles. The topological polar surface area (TPSA) is 70.1 Å². The SMILES string of the molecule is Cc1cccc2c1CN(CC1CC1)C(CSc1ncnc3nc[nH]c13)=N2. The van der Waals surface area contributed by atoms with Crippen LogP contribution in [0.1, 0.15) is 24.0 Å². The Labute approximate surface area is 156 Å². The molecule has 1 fully saturated rings. The van der Waals surface area contributed by atoms with Gasteiger partial charge in [-0.15, -0.1) is 0 Å². The molecule has 2 aliphatic rings. The van der Waals surface area contributed by atoms with Crippen LogP contribution in [0, 0.1) is 12.8 Å². The van der Waals surface area contributed by atoms with Crippen LogP contribution >= 0.6 is 11.8 Å². The van der Waals surface area contributed by atoms with Gasteiger partial charge in [-0.1, -0.05) is 23.9 Å². The molecule has 0 spiro atoms. The first kappa shape index (κ1) is 15.8. The fourth-order valence-corrected chi connectivity index (χ4v) is 4.31. The molecule has 0 unspecified atom stereocenters. The molecule has 6 nitrogen and oxygen atoms in total. The average Bonchev–Trinajstić information content (AvgIpc) is 3.33. The van der Waals surface area contributed by atoms with Crippen LogP contribution in [0.3, 0.4) is 0 Å². The van der Waals surface area contributed by atoms with Crippen molar-refractivity contribution in [2.75, 3.05) is 12.3 Å². The van der Waals surface area contributed by atoms with Crippen LogP contribution in [0.15, 0.2) is 40.9 Å². The second kappa shape index (κ2) is 6.39. The molecule has 1 aliphatic carbocycles. The third-order valence-corrected chi connectivity index (χ3v) is 6.04. The summed E-state index contributed by atoms with van der Waals surface area (Å²) in [6.07, 6.45) is 5.94. The summed E-state index contributed by atoms with van der Waals surface area (Å²) in [7, 11) is 0. The maximum Gasteiger partial charge on any atom is 0.181 e. The smallest absolute Gasteiger partial charge is 0.181 e. The van der Waals surface area contributed by atoms with Gasteiger partial charge in [0.1, 0.15) is 22.7 Å². The molecule has 0 amide bonds. The predicted octanol–water partition coefficient (Wildman–Crippen LogP) is 3.71. The van der Waals surface area contributed by atoms with Gasteiger partial charge in [0.05, 0.1) is 17.8 Å². The second-order valence-corrected chi connectivity index (χ2v) is 7.96. The van der Waals surface area contributed by atoms with Gasteiger partial charge in [-0.05, 0) is 37.3 Å². The molecule has 132 valence electrons. The van der Waals surface area contributed by atoms with E-state index < -0.39 is 0 Å². The first-order valence-electron chi connectivity index (χ1n) is 8.96. The molecule has 0 radical (unpaired) electrons. The number of aliphatic imine (C=N–C) groups is 1. The fraction of sp³-hybridized carbons (Fsp3) is 0.368. The number of hydrogen-bond acceptors (Lipinski definition) is 6. The molecule has 1 aromatic carbocycles. The zero-order chi connectivity index (χ0) is 17.5. The van der Waals surface area contributed by atoms with Crippen molar-refractivity contribution in [3.05, 3.63) is 42.0 Å². The number of aromatic nitrogens is 4. The zero-order valence-electron chi connectivity index (χ0n) is 14.6. The highest BCUT2D eigenvalue weighted by Gasteiger charge is 2.29. The number of amidine groups is 1. The summed E-state index contributed by atoms with van der Waals surface area (Å²) < 4.78 is 0.